The van der Waals surface area contributed by atoms with Gasteiger partial charge in [-0.15, -0.1) is 0 Å². The molecule has 20 heavy (non-hydrogen) atoms. The van der Waals surface area contributed by atoms with Crippen LogP contribution in [0.15, 0.2) is 36.4 Å². The van der Waals surface area contributed by atoms with E-state index in [0.29, 0.717) is 21.2 Å². The summed E-state index contributed by atoms with van der Waals surface area (Å²) in [4.78, 5) is 0. The van der Waals surface area contributed by atoms with Gasteiger partial charge in [-0.2, -0.15) is 0 Å². The fraction of sp³-hybridized carbons (Fsp3) is 0.200. The Bertz CT molecular complexity index is 617. The van der Waals surface area contributed by atoms with E-state index in [4.69, 9.17) is 27.9 Å². The molecule has 106 valence electrons. The molecule has 0 spiro atoms. The molecule has 0 radical (unpaired) electrons. The van der Waals surface area contributed by atoms with Crippen LogP contribution in [0.2, 0.25) is 10.0 Å². The molecule has 2 aromatic rings. The standard InChI is InChI=1S/C15H13Cl2FO2/c1-20-14-4-2-3-9(15(14)18)7-13(19)11-6-5-10(16)8-12(11)17/h2-6,8,13,19H,7H2,1H3. The van der Waals surface area contributed by atoms with Gasteiger partial charge in [0.15, 0.2) is 11.6 Å². The fourth-order valence-electron chi connectivity index (χ4n) is 1.96. The van der Waals surface area contributed by atoms with Crippen molar-refractivity contribution in [1.29, 1.82) is 0 Å². The molecule has 1 N–H and O–H groups in total. The number of ether oxygens (including phenoxy) is 1. The van der Waals surface area contributed by atoms with Crippen molar-refractivity contribution < 1.29 is 14.2 Å². The normalized spacial score (nSPS) is 12.2. The van der Waals surface area contributed by atoms with Gasteiger partial charge in [0, 0.05) is 16.5 Å². The van der Waals surface area contributed by atoms with E-state index < -0.39 is 11.9 Å². The number of aliphatic hydroxyl groups is 1. The van der Waals surface area contributed by atoms with Crippen molar-refractivity contribution in [3.8, 4) is 5.75 Å². The highest BCUT2D eigenvalue weighted by Crippen LogP contribution is 2.30. The predicted octanol–water partition coefficient (Wildman–Crippen LogP) is 4.42. The maximum absolute atomic E-state index is 14.0. The molecule has 2 nitrogen and oxygen atoms in total. The number of hydrogen-bond acceptors (Lipinski definition) is 2. The molecular formula is C15H13Cl2FO2. The van der Waals surface area contributed by atoms with Gasteiger partial charge in [-0.3, -0.25) is 0 Å². The molecule has 1 atom stereocenters. The summed E-state index contributed by atoms with van der Waals surface area (Å²) in [5.41, 5.74) is 0.876. The van der Waals surface area contributed by atoms with E-state index in [2.05, 4.69) is 0 Å². The molecule has 5 heteroatoms. The smallest absolute Gasteiger partial charge is 0.168 e. The lowest BCUT2D eigenvalue weighted by atomic mass is 10.0. The van der Waals surface area contributed by atoms with Gasteiger partial charge in [0.05, 0.1) is 13.2 Å². The monoisotopic (exact) mass is 314 g/mol. The average molecular weight is 315 g/mol. The summed E-state index contributed by atoms with van der Waals surface area (Å²) >= 11 is 11.8. The maximum atomic E-state index is 14.0. The van der Waals surface area contributed by atoms with Gasteiger partial charge in [-0.1, -0.05) is 41.4 Å². The molecule has 0 aliphatic rings. The van der Waals surface area contributed by atoms with E-state index in [1.165, 1.54) is 13.2 Å². The number of methoxy groups -OCH3 is 1. The van der Waals surface area contributed by atoms with E-state index in [9.17, 15) is 9.50 Å². The zero-order valence-electron chi connectivity index (χ0n) is 10.7. The number of halogens is 3. The van der Waals surface area contributed by atoms with Crippen LogP contribution in [0.3, 0.4) is 0 Å². The zero-order chi connectivity index (χ0) is 14.7. The molecular weight excluding hydrogens is 302 g/mol. The van der Waals surface area contributed by atoms with Crippen LogP contribution in [0, 0.1) is 5.82 Å². The summed E-state index contributed by atoms with van der Waals surface area (Å²) in [6.45, 7) is 0. The second kappa shape index (κ2) is 6.44. The summed E-state index contributed by atoms with van der Waals surface area (Å²) in [5, 5.41) is 11.0. The molecule has 0 saturated heterocycles. The van der Waals surface area contributed by atoms with E-state index in [1.54, 1.807) is 30.3 Å². The molecule has 0 fully saturated rings. The van der Waals surface area contributed by atoms with E-state index >= 15 is 0 Å². The fourth-order valence-corrected chi connectivity index (χ4v) is 2.50. The Morgan fingerprint density at radius 3 is 2.65 bits per heavy atom. The lowest BCUT2D eigenvalue weighted by Crippen LogP contribution is -2.05. The Morgan fingerprint density at radius 2 is 2.00 bits per heavy atom. The van der Waals surface area contributed by atoms with Gasteiger partial charge in [0.25, 0.3) is 0 Å². The van der Waals surface area contributed by atoms with Crippen LogP contribution in [0.4, 0.5) is 4.39 Å². The summed E-state index contributed by atoms with van der Waals surface area (Å²) in [6.07, 6.45) is -0.814. The highest BCUT2D eigenvalue weighted by molar-refractivity contribution is 6.35. The van der Waals surface area contributed by atoms with Gasteiger partial charge in [-0.05, 0) is 29.3 Å². The molecule has 2 aromatic carbocycles. The van der Waals surface area contributed by atoms with Crippen LogP contribution >= 0.6 is 23.2 Å². The van der Waals surface area contributed by atoms with Gasteiger partial charge < -0.3 is 9.84 Å². The quantitative estimate of drug-likeness (QED) is 0.905. The largest absolute Gasteiger partial charge is 0.494 e. The lowest BCUT2D eigenvalue weighted by molar-refractivity contribution is 0.177. The minimum absolute atomic E-state index is 0.102. The van der Waals surface area contributed by atoms with Gasteiger partial charge >= 0.3 is 0 Å². The van der Waals surface area contributed by atoms with Crippen molar-refractivity contribution in [1.82, 2.24) is 0 Å². The Morgan fingerprint density at radius 1 is 1.25 bits per heavy atom. The van der Waals surface area contributed by atoms with Crippen LogP contribution in [-0.4, -0.2) is 12.2 Å². The average Bonchev–Trinajstić information content (AvgIpc) is 2.41. The Labute approximate surface area is 126 Å². The van der Waals surface area contributed by atoms with Crippen molar-refractivity contribution in [2.75, 3.05) is 7.11 Å². The van der Waals surface area contributed by atoms with Crippen molar-refractivity contribution in [3.05, 3.63) is 63.4 Å². The Kier molecular flexibility index (Phi) is 4.86. The first-order valence-corrected chi connectivity index (χ1v) is 6.73. The minimum Gasteiger partial charge on any atom is -0.494 e. The topological polar surface area (TPSA) is 29.5 Å². The van der Waals surface area contributed by atoms with Crippen LogP contribution in [-0.2, 0) is 6.42 Å². The third-order valence-electron chi connectivity index (χ3n) is 3.00. The van der Waals surface area contributed by atoms with Gasteiger partial charge in [-0.25, -0.2) is 4.39 Å². The number of hydrogen-bond donors (Lipinski definition) is 1. The van der Waals surface area contributed by atoms with Crippen LogP contribution in [0.1, 0.15) is 17.2 Å². The van der Waals surface area contributed by atoms with Crippen molar-refractivity contribution >= 4 is 23.2 Å². The van der Waals surface area contributed by atoms with Crippen molar-refractivity contribution in [3.63, 3.8) is 0 Å². The van der Waals surface area contributed by atoms with Gasteiger partial charge in [0.2, 0.25) is 0 Å². The van der Waals surface area contributed by atoms with Crippen LogP contribution < -0.4 is 4.74 Å². The Balaban J connectivity index is 2.25. The van der Waals surface area contributed by atoms with Crippen LogP contribution in [0.5, 0.6) is 5.75 Å². The maximum Gasteiger partial charge on any atom is 0.168 e. The molecule has 1 unspecified atom stereocenters. The zero-order valence-corrected chi connectivity index (χ0v) is 12.2. The lowest BCUT2D eigenvalue weighted by Gasteiger charge is -2.14. The Hall–Kier alpha value is -1.29. The SMILES string of the molecule is COc1cccc(CC(O)c2ccc(Cl)cc2Cl)c1F. The minimum atomic E-state index is -0.915. The van der Waals surface area contributed by atoms with E-state index in [0.717, 1.165) is 0 Å². The molecule has 0 bridgehead atoms. The molecule has 0 aliphatic carbocycles. The summed E-state index contributed by atoms with van der Waals surface area (Å²) in [6, 6.07) is 9.61. The van der Waals surface area contributed by atoms with Crippen molar-refractivity contribution in [2.24, 2.45) is 0 Å². The molecule has 2 rings (SSSR count). The van der Waals surface area contributed by atoms with E-state index in [1.807, 2.05) is 0 Å². The molecule has 0 aromatic heterocycles. The first kappa shape index (κ1) is 15.1. The first-order chi connectivity index (χ1) is 9.52. The third kappa shape index (κ3) is 3.23. The number of benzene rings is 2. The van der Waals surface area contributed by atoms with Crippen LogP contribution in [0.25, 0.3) is 0 Å². The molecule has 0 saturated carbocycles. The number of rotatable bonds is 4. The van der Waals surface area contributed by atoms with Gasteiger partial charge in [0.1, 0.15) is 0 Å². The molecule has 0 aliphatic heterocycles. The summed E-state index contributed by atoms with van der Waals surface area (Å²) in [7, 11) is 1.40. The second-order valence-corrected chi connectivity index (χ2v) is 5.16. The highest BCUT2D eigenvalue weighted by Gasteiger charge is 2.16. The summed E-state index contributed by atoms with van der Waals surface area (Å²) in [5.74, 6) is -0.323. The third-order valence-corrected chi connectivity index (χ3v) is 3.56. The molecule has 0 heterocycles. The predicted molar refractivity (Wildman–Crippen MR) is 78.1 cm³/mol. The molecule has 0 amide bonds. The first-order valence-electron chi connectivity index (χ1n) is 5.97. The number of aliphatic hydroxyl groups excluding tert-OH is 1. The van der Waals surface area contributed by atoms with Crippen molar-refractivity contribution in [2.45, 2.75) is 12.5 Å². The van der Waals surface area contributed by atoms with E-state index in [-0.39, 0.29) is 12.2 Å². The summed E-state index contributed by atoms with van der Waals surface area (Å²) < 4.78 is 18.9. The highest BCUT2D eigenvalue weighted by atomic mass is 35.5. The second-order valence-electron chi connectivity index (χ2n) is 4.32.